The molecule has 2 N–H and O–H groups in total. The van der Waals surface area contributed by atoms with Gasteiger partial charge in [0.15, 0.2) is 0 Å². The lowest BCUT2D eigenvalue weighted by Crippen LogP contribution is -2.24. The first-order valence-corrected chi connectivity index (χ1v) is 9.98. The average molecular weight is 432 g/mol. The van der Waals surface area contributed by atoms with Gasteiger partial charge in [0.25, 0.3) is 0 Å². The third kappa shape index (κ3) is 4.23. The molecule has 4 rings (SSSR count). The van der Waals surface area contributed by atoms with Gasteiger partial charge in [0.05, 0.1) is 11.6 Å². The number of hydrogen-bond acceptors (Lipinski definition) is 3. The monoisotopic (exact) mass is 431 g/mol. The fourth-order valence-electron chi connectivity index (χ4n) is 3.61. The van der Waals surface area contributed by atoms with Crippen molar-refractivity contribution < 1.29 is 14.3 Å². The molecule has 3 aromatic rings. The van der Waals surface area contributed by atoms with Gasteiger partial charge in [-0.05, 0) is 42.0 Å². The SMILES string of the molecule is [C-]#[N+]c1ccccc1Oc1cc([C@H]2CC(=O)N(c3cccc(C(N)=O)c3)C2)ccc1Cl. The summed E-state index contributed by atoms with van der Waals surface area (Å²) in [6.45, 7) is 7.75. The number of hydrogen-bond donors (Lipinski definition) is 1. The maximum atomic E-state index is 12.7. The van der Waals surface area contributed by atoms with Gasteiger partial charge in [-0.15, -0.1) is 0 Å². The molecule has 1 aliphatic heterocycles. The number of carbonyl (C=O) groups is 2. The van der Waals surface area contributed by atoms with Gasteiger partial charge in [0, 0.05) is 30.1 Å². The molecule has 31 heavy (non-hydrogen) atoms. The fraction of sp³-hybridized carbons (Fsp3) is 0.125. The summed E-state index contributed by atoms with van der Waals surface area (Å²) in [5.41, 5.74) is 7.65. The summed E-state index contributed by atoms with van der Waals surface area (Å²) in [5, 5.41) is 0.416. The molecule has 6 nitrogen and oxygen atoms in total. The highest BCUT2D eigenvalue weighted by Gasteiger charge is 2.32. The van der Waals surface area contributed by atoms with Gasteiger partial charge in [-0.3, -0.25) is 9.59 Å². The van der Waals surface area contributed by atoms with Crippen molar-refractivity contribution in [1.82, 2.24) is 0 Å². The van der Waals surface area contributed by atoms with Crippen molar-refractivity contribution in [3.05, 3.63) is 94.3 Å². The molecule has 0 aliphatic carbocycles. The Morgan fingerprint density at radius 2 is 1.90 bits per heavy atom. The molecule has 0 saturated carbocycles. The molecule has 154 valence electrons. The van der Waals surface area contributed by atoms with E-state index in [-0.39, 0.29) is 11.8 Å². The first kappa shape index (κ1) is 20.5. The van der Waals surface area contributed by atoms with Crippen molar-refractivity contribution in [1.29, 1.82) is 0 Å². The summed E-state index contributed by atoms with van der Waals surface area (Å²) < 4.78 is 5.92. The Labute approximate surface area is 184 Å². The molecular weight excluding hydrogens is 414 g/mol. The van der Waals surface area contributed by atoms with Crippen LogP contribution in [-0.4, -0.2) is 18.4 Å². The quantitative estimate of drug-likeness (QED) is 0.556. The van der Waals surface area contributed by atoms with Crippen LogP contribution in [-0.2, 0) is 4.79 Å². The number of rotatable bonds is 5. The molecule has 1 aliphatic rings. The van der Waals surface area contributed by atoms with Crippen molar-refractivity contribution in [3.8, 4) is 11.5 Å². The fourth-order valence-corrected chi connectivity index (χ4v) is 3.77. The standard InChI is InChI=1S/C24H18ClN3O3/c1-27-20-7-2-3-8-21(20)31-22-12-15(9-10-19(22)25)17-13-23(29)28(14-17)18-6-4-5-16(11-18)24(26)30/h2-12,17H,13-14H2,(H2,26,30)/t17-/m0/s1. The molecule has 1 saturated heterocycles. The number of halogens is 1. The molecule has 0 bridgehead atoms. The molecule has 0 spiro atoms. The number of benzene rings is 3. The zero-order valence-corrected chi connectivity index (χ0v) is 17.2. The molecule has 0 unspecified atom stereocenters. The zero-order chi connectivity index (χ0) is 22.0. The van der Waals surface area contributed by atoms with E-state index in [2.05, 4.69) is 4.85 Å². The molecule has 2 amide bonds. The molecular formula is C24H18ClN3O3. The summed E-state index contributed by atoms with van der Waals surface area (Å²) in [6, 6.07) is 19.1. The van der Waals surface area contributed by atoms with Crippen molar-refractivity contribution in [2.24, 2.45) is 5.73 Å². The maximum Gasteiger partial charge on any atom is 0.248 e. The highest BCUT2D eigenvalue weighted by molar-refractivity contribution is 6.32. The Bertz CT molecular complexity index is 1220. The number of primary amides is 1. The number of carbonyl (C=O) groups excluding carboxylic acids is 2. The number of ether oxygens (including phenoxy) is 1. The maximum absolute atomic E-state index is 12.7. The van der Waals surface area contributed by atoms with E-state index < -0.39 is 5.91 Å². The lowest BCUT2D eigenvalue weighted by molar-refractivity contribution is -0.117. The minimum atomic E-state index is -0.538. The van der Waals surface area contributed by atoms with E-state index >= 15 is 0 Å². The Morgan fingerprint density at radius 3 is 2.68 bits per heavy atom. The van der Waals surface area contributed by atoms with E-state index in [0.717, 1.165) is 5.56 Å². The second-order valence-corrected chi connectivity index (χ2v) is 7.60. The van der Waals surface area contributed by atoms with Crippen LogP contribution in [0.3, 0.4) is 0 Å². The molecule has 1 atom stereocenters. The van der Waals surface area contributed by atoms with Gasteiger partial charge in [0.2, 0.25) is 17.5 Å². The Balaban J connectivity index is 1.59. The Hall–Kier alpha value is -3.82. The summed E-state index contributed by atoms with van der Waals surface area (Å²) in [5.74, 6) is 0.202. The lowest BCUT2D eigenvalue weighted by atomic mass is 9.98. The second-order valence-electron chi connectivity index (χ2n) is 7.19. The van der Waals surface area contributed by atoms with E-state index in [0.29, 0.717) is 46.4 Å². The predicted octanol–water partition coefficient (Wildman–Crippen LogP) is 5.30. The third-order valence-electron chi connectivity index (χ3n) is 5.20. The van der Waals surface area contributed by atoms with E-state index in [4.69, 9.17) is 28.6 Å². The molecule has 0 radical (unpaired) electrons. The van der Waals surface area contributed by atoms with E-state index in [9.17, 15) is 9.59 Å². The summed E-state index contributed by atoms with van der Waals surface area (Å²) in [6.07, 6.45) is 0.320. The molecule has 7 heteroatoms. The highest BCUT2D eigenvalue weighted by Crippen LogP contribution is 2.39. The van der Waals surface area contributed by atoms with Crippen molar-refractivity contribution in [3.63, 3.8) is 0 Å². The van der Waals surface area contributed by atoms with E-state index in [1.54, 1.807) is 59.5 Å². The minimum absolute atomic E-state index is 0.0395. The van der Waals surface area contributed by atoms with Gasteiger partial charge in [0.1, 0.15) is 11.5 Å². The van der Waals surface area contributed by atoms with Crippen molar-refractivity contribution in [2.45, 2.75) is 12.3 Å². The Kier molecular flexibility index (Phi) is 5.61. The largest absolute Gasteiger partial charge is 0.467 e. The molecule has 1 heterocycles. The van der Waals surface area contributed by atoms with Crippen LogP contribution in [0, 0.1) is 6.57 Å². The Morgan fingerprint density at radius 1 is 1.10 bits per heavy atom. The predicted molar refractivity (Wildman–Crippen MR) is 119 cm³/mol. The van der Waals surface area contributed by atoms with Crippen LogP contribution in [0.2, 0.25) is 5.02 Å². The first-order valence-electron chi connectivity index (χ1n) is 9.60. The zero-order valence-electron chi connectivity index (χ0n) is 16.4. The lowest BCUT2D eigenvalue weighted by Gasteiger charge is -2.18. The van der Waals surface area contributed by atoms with Crippen LogP contribution in [0.1, 0.15) is 28.3 Å². The van der Waals surface area contributed by atoms with Gasteiger partial charge in [-0.1, -0.05) is 41.9 Å². The molecule has 1 fully saturated rings. The number of amides is 2. The normalized spacial score (nSPS) is 15.5. The second kappa shape index (κ2) is 8.50. The number of nitrogens with zero attached hydrogens (tertiary/aromatic N) is 2. The first-order chi connectivity index (χ1) is 15.0. The van der Waals surface area contributed by atoms with Gasteiger partial charge in [-0.25, -0.2) is 4.85 Å². The van der Waals surface area contributed by atoms with Crippen LogP contribution in [0.4, 0.5) is 11.4 Å². The van der Waals surface area contributed by atoms with Crippen molar-refractivity contribution >= 4 is 34.8 Å². The topological polar surface area (TPSA) is 77.0 Å². The summed E-state index contributed by atoms with van der Waals surface area (Å²) >= 11 is 6.33. The van der Waals surface area contributed by atoms with E-state index in [1.807, 2.05) is 12.1 Å². The van der Waals surface area contributed by atoms with Crippen LogP contribution in [0.5, 0.6) is 11.5 Å². The molecule has 0 aromatic heterocycles. The van der Waals surface area contributed by atoms with Crippen molar-refractivity contribution in [2.75, 3.05) is 11.4 Å². The van der Waals surface area contributed by atoms with Crippen LogP contribution in [0.15, 0.2) is 66.7 Å². The number of nitrogens with two attached hydrogens (primary N) is 1. The smallest absolute Gasteiger partial charge is 0.248 e. The van der Waals surface area contributed by atoms with E-state index in [1.165, 1.54) is 0 Å². The minimum Gasteiger partial charge on any atom is -0.467 e. The van der Waals surface area contributed by atoms with Gasteiger partial charge in [-0.2, -0.15) is 0 Å². The van der Waals surface area contributed by atoms with Gasteiger partial charge >= 0.3 is 0 Å². The molecule has 3 aromatic carbocycles. The third-order valence-corrected chi connectivity index (χ3v) is 5.51. The average Bonchev–Trinajstić information content (AvgIpc) is 3.17. The van der Waals surface area contributed by atoms with Crippen LogP contribution in [0.25, 0.3) is 4.85 Å². The summed E-state index contributed by atoms with van der Waals surface area (Å²) in [7, 11) is 0. The van der Waals surface area contributed by atoms with Gasteiger partial charge < -0.3 is 15.4 Å². The number of anilines is 1. The van der Waals surface area contributed by atoms with Crippen LogP contribution >= 0.6 is 11.6 Å². The summed E-state index contributed by atoms with van der Waals surface area (Å²) in [4.78, 5) is 29.3. The highest BCUT2D eigenvalue weighted by atomic mass is 35.5. The number of para-hydroxylation sites is 2. The van der Waals surface area contributed by atoms with Crippen LogP contribution < -0.4 is 15.4 Å².